The number of rotatable bonds is 8. The van der Waals surface area contributed by atoms with Gasteiger partial charge in [-0.3, -0.25) is 9.69 Å². The fourth-order valence-corrected chi connectivity index (χ4v) is 2.89. The largest absolute Gasteiger partial charge is 0.349 e. The van der Waals surface area contributed by atoms with Gasteiger partial charge in [0.2, 0.25) is 0 Å². The molecule has 0 aliphatic heterocycles. The molecule has 0 radical (unpaired) electrons. The predicted octanol–water partition coefficient (Wildman–Crippen LogP) is 2.95. The lowest BCUT2D eigenvalue weighted by Crippen LogP contribution is -2.47. The van der Waals surface area contributed by atoms with Crippen LogP contribution in [0.3, 0.4) is 0 Å². The van der Waals surface area contributed by atoms with E-state index < -0.39 is 0 Å². The first-order valence-corrected chi connectivity index (χ1v) is 9.13. The second-order valence-corrected chi connectivity index (χ2v) is 6.48. The number of thioether (sulfide) groups is 1. The Morgan fingerprint density at radius 3 is 2.55 bits per heavy atom. The van der Waals surface area contributed by atoms with E-state index in [0.717, 1.165) is 13.1 Å². The maximum atomic E-state index is 12.3. The SMILES string of the molecule is CCN(CC)[C@@H](CNC(=O)c1nc(SC)ncc1Cl)C(C)C. The fraction of sp³-hybridized carbons (Fsp3) is 0.667. The molecule has 22 heavy (non-hydrogen) atoms. The van der Waals surface area contributed by atoms with Gasteiger partial charge in [0.05, 0.1) is 11.2 Å². The van der Waals surface area contributed by atoms with Gasteiger partial charge in [0.25, 0.3) is 5.91 Å². The lowest BCUT2D eigenvalue weighted by Gasteiger charge is -2.32. The number of hydrogen-bond donors (Lipinski definition) is 1. The molecule has 124 valence electrons. The molecule has 1 atom stereocenters. The Kier molecular flexibility index (Phi) is 8.14. The Hall–Kier alpha value is -0.850. The van der Waals surface area contributed by atoms with Crippen molar-refractivity contribution in [3.05, 3.63) is 16.9 Å². The Balaban J connectivity index is 2.79. The van der Waals surface area contributed by atoms with Gasteiger partial charge in [0.15, 0.2) is 10.9 Å². The maximum absolute atomic E-state index is 12.3. The molecule has 0 aliphatic carbocycles. The average molecular weight is 345 g/mol. The van der Waals surface area contributed by atoms with E-state index in [4.69, 9.17) is 11.6 Å². The Morgan fingerprint density at radius 1 is 1.41 bits per heavy atom. The molecule has 1 aromatic rings. The number of aromatic nitrogens is 2. The van der Waals surface area contributed by atoms with Gasteiger partial charge in [-0.25, -0.2) is 9.97 Å². The van der Waals surface area contributed by atoms with Gasteiger partial charge < -0.3 is 5.32 Å². The van der Waals surface area contributed by atoms with Gasteiger partial charge in [-0.1, -0.05) is 51.1 Å². The van der Waals surface area contributed by atoms with Crippen LogP contribution in [0.25, 0.3) is 0 Å². The predicted molar refractivity (Wildman–Crippen MR) is 92.7 cm³/mol. The van der Waals surface area contributed by atoms with Crippen molar-refractivity contribution in [2.24, 2.45) is 5.92 Å². The van der Waals surface area contributed by atoms with E-state index >= 15 is 0 Å². The maximum Gasteiger partial charge on any atom is 0.271 e. The summed E-state index contributed by atoms with van der Waals surface area (Å²) in [5, 5.41) is 3.77. The van der Waals surface area contributed by atoms with Crippen molar-refractivity contribution in [1.29, 1.82) is 0 Å². The molecule has 1 amide bonds. The molecule has 1 heterocycles. The first-order valence-electron chi connectivity index (χ1n) is 7.53. The number of nitrogens with zero attached hydrogens (tertiary/aromatic N) is 3. The second-order valence-electron chi connectivity index (χ2n) is 5.30. The highest BCUT2D eigenvalue weighted by atomic mass is 35.5. The van der Waals surface area contributed by atoms with Crippen LogP contribution < -0.4 is 5.32 Å². The van der Waals surface area contributed by atoms with Crippen molar-refractivity contribution in [2.45, 2.75) is 38.9 Å². The van der Waals surface area contributed by atoms with E-state index in [1.807, 2.05) is 6.26 Å². The number of likely N-dealkylation sites (N-methyl/N-ethyl adjacent to an activating group) is 1. The number of halogens is 1. The lowest BCUT2D eigenvalue weighted by atomic mass is 10.0. The highest BCUT2D eigenvalue weighted by Crippen LogP contribution is 2.17. The monoisotopic (exact) mass is 344 g/mol. The standard InChI is InChI=1S/C15H25ClN4OS/c1-6-20(7-2)12(10(3)4)9-17-14(21)13-11(16)8-18-15(19-13)22-5/h8,10,12H,6-7,9H2,1-5H3,(H,17,21)/t12-/m0/s1. The van der Waals surface area contributed by atoms with Crippen LogP contribution in [0.1, 0.15) is 38.2 Å². The van der Waals surface area contributed by atoms with Crippen LogP contribution in [0, 0.1) is 5.92 Å². The summed E-state index contributed by atoms with van der Waals surface area (Å²) in [6, 6.07) is 0.291. The molecule has 7 heteroatoms. The molecule has 0 unspecified atom stereocenters. The average Bonchev–Trinajstić information content (AvgIpc) is 2.51. The van der Waals surface area contributed by atoms with Gasteiger partial charge in [-0.15, -0.1) is 0 Å². The van der Waals surface area contributed by atoms with Gasteiger partial charge in [0.1, 0.15) is 0 Å². The summed E-state index contributed by atoms with van der Waals surface area (Å²) in [5.41, 5.74) is 0.239. The van der Waals surface area contributed by atoms with Gasteiger partial charge in [-0.2, -0.15) is 0 Å². The third kappa shape index (κ3) is 5.11. The summed E-state index contributed by atoms with van der Waals surface area (Å²) in [6.45, 7) is 11.1. The zero-order valence-corrected chi connectivity index (χ0v) is 15.5. The Bertz CT molecular complexity index is 494. The molecule has 0 aromatic carbocycles. The van der Waals surface area contributed by atoms with Crippen molar-refractivity contribution < 1.29 is 4.79 Å². The summed E-state index contributed by atoms with van der Waals surface area (Å²) in [5.74, 6) is 0.198. The molecule has 1 rings (SSSR count). The second kappa shape index (κ2) is 9.33. The summed E-state index contributed by atoms with van der Waals surface area (Å²) in [6.07, 6.45) is 3.33. The van der Waals surface area contributed by atoms with Crippen molar-refractivity contribution >= 4 is 29.3 Å². The summed E-state index contributed by atoms with van der Waals surface area (Å²) >= 11 is 7.42. The third-order valence-electron chi connectivity index (χ3n) is 3.64. The highest BCUT2D eigenvalue weighted by molar-refractivity contribution is 7.98. The lowest BCUT2D eigenvalue weighted by molar-refractivity contribution is 0.0915. The number of carbonyl (C=O) groups excluding carboxylic acids is 1. The van der Waals surface area contributed by atoms with E-state index in [9.17, 15) is 4.79 Å². The fourth-order valence-electron chi connectivity index (χ4n) is 2.37. The molecular formula is C15H25ClN4OS. The van der Waals surface area contributed by atoms with E-state index in [1.54, 1.807) is 0 Å². The minimum absolute atomic E-state index is 0.239. The van der Waals surface area contributed by atoms with Gasteiger partial charge in [0, 0.05) is 12.6 Å². The highest BCUT2D eigenvalue weighted by Gasteiger charge is 2.21. The van der Waals surface area contributed by atoms with Crippen molar-refractivity contribution in [3.8, 4) is 0 Å². The van der Waals surface area contributed by atoms with Crippen LogP contribution in [0.2, 0.25) is 5.02 Å². The summed E-state index contributed by atoms with van der Waals surface area (Å²) in [7, 11) is 0. The van der Waals surface area contributed by atoms with Crippen LogP contribution in [0.15, 0.2) is 11.4 Å². The van der Waals surface area contributed by atoms with Crippen molar-refractivity contribution in [1.82, 2.24) is 20.2 Å². The Labute approximate surface area is 142 Å². The topological polar surface area (TPSA) is 58.1 Å². The molecule has 0 aliphatic rings. The quantitative estimate of drug-likeness (QED) is 0.580. The van der Waals surface area contributed by atoms with Crippen LogP contribution in [-0.2, 0) is 0 Å². The van der Waals surface area contributed by atoms with Crippen LogP contribution in [0.4, 0.5) is 0 Å². The summed E-state index contributed by atoms with van der Waals surface area (Å²) in [4.78, 5) is 22.9. The first-order chi connectivity index (χ1) is 10.4. The van der Waals surface area contributed by atoms with Gasteiger partial charge >= 0.3 is 0 Å². The number of carbonyl (C=O) groups is 1. The van der Waals surface area contributed by atoms with E-state index in [-0.39, 0.29) is 16.6 Å². The minimum Gasteiger partial charge on any atom is -0.349 e. The number of hydrogen-bond acceptors (Lipinski definition) is 5. The minimum atomic E-state index is -0.250. The normalized spacial score (nSPS) is 12.7. The molecule has 0 saturated heterocycles. The molecule has 0 bridgehead atoms. The Morgan fingerprint density at radius 2 is 2.05 bits per heavy atom. The van der Waals surface area contributed by atoms with Crippen LogP contribution >= 0.6 is 23.4 Å². The zero-order valence-electron chi connectivity index (χ0n) is 13.9. The van der Waals surface area contributed by atoms with Crippen LogP contribution in [0.5, 0.6) is 0 Å². The van der Waals surface area contributed by atoms with E-state index in [1.165, 1.54) is 18.0 Å². The van der Waals surface area contributed by atoms with Crippen LogP contribution in [-0.4, -0.2) is 52.7 Å². The zero-order chi connectivity index (χ0) is 16.7. The third-order valence-corrected chi connectivity index (χ3v) is 4.48. The number of nitrogens with one attached hydrogen (secondary N) is 1. The molecule has 5 nitrogen and oxygen atoms in total. The molecule has 1 aromatic heterocycles. The first kappa shape index (κ1) is 19.2. The molecule has 0 fully saturated rings. The smallest absolute Gasteiger partial charge is 0.271 e. The van der Waals surface area contributed by atoms with Gasteiger partial charge in [-0.05, 0) is 25.3 Å². The molecule has 0 spiro atoms. The summed E-state index contributed by atoms with van der Waals surface area (Å²) < 4.78 is 0. The molecule has 1 N–H and O–H groups in total. The number of amides is 1. The van der Waals surface area contributed by atoms with E-state index in [0.29, 0.717) is 23.7 Å². The molecule has 0 saturated carbocycles. The van der Waals surface area contributed by atoms with E-state index in [2.05, 4.69) is 47.9 Å². The van der Waals surface area contributed by atoms with Crippen molar-refractivity contribution in [3.63, 3.8) is 0 Å². The molecular weight excluding hydrogens is 320 g/mol. The van der Waals surface area contributed by atoms with Crippen molar-refractivity contribution in [2.75, 3.05) is 25.9 Å².